The third-order valence-corrected chi connectivity index (χ3v) is 2.65. The van der Waals surface area contributed by atoms with E-state index < -0.39 is 0 Å². The van der Waals surface area contributed by atoms with Crippen LogP contribution in [0, 0.1) is 11.8 Å². The maximum atomic E-state index is 4.24. The molecule has 1 saturated carbocycles. The van der Waals surface area contributed by atoms with Crippen molar-refractivity contribution in [3.05, 3.63) is 0 Å². The first-order valence-electron chi connectivity index (χ1n) is 5.47. The van der Waals surface area contributed by atoms with Gasteiger partial charge in [-0.25, -0.2) is 0 Å². The van der Waals surface area contributed by atoms with Crippen molar-refractivity contribution in [2.45, 2.75) is 52.5 Å². The van der Waals surface area contributed by atoms with E-state index in [4.69, 9.17) is 0 Å². The highest BCUT2D eigenvalue weighted by Gasteiger charge is 2.16. The first-order valence-corrected chi connectivity index (χ1v) is 5.47. The van der Waals surface area contributed by atoms with Crippen molar-refractivity contribution in [1.82, 2.24) is 5.43 Å². The van der Waals surface area contributed by atoms with Crippen molar-refractivity contribution in [3.8, 4) is 0 Å². The number of hydrogen-bond donors (Lipinski definition) is 1. The lowest BCUT2D eigenvalue weighted by molar-refractivity contribution is 0.311. The fraction of sp³-hybridized carbons (Fsp3) is 0.909. The second-order valence-electron chi connectivity index (χ2n) is 4.61. The van der Waals surface area contributed by atoms with Crippen LogP contribution in [0.4, 0.5) is 0 Å². The van der Waals surface area contributed by atoms with Crippen molar-refractivity contribution >= 4 is 6.21 Å². The first-order chi connectivity index (χ1) is 6.18. The van der Waals surface area contributed by atoms with E-state index in [-0.39, 0.29) is 0 Å². The normalized spacial score (nSPS) is 29.8. The van der Waals surface area contributed by atoms with Gasteiger partial charge in [0.05, 0.1) is 0 Å². The van der Waals surface area contributed by atoms with E-state index in [0.717, 1.165) is 5.92 Å². The number of rotatable bonds is 3. The maximum absolute atomic E-state index is 4.24. The zero-order chi connectivity index (χ0) is 9.68. The third-order valence-electron chi connectivity index (χ3n) is 2.65. The summed E-state index contributed by atoms with van der Waals surface area (Å²) in [5, 5.41) is 4.24. The Labute approximate surface area is 81.8 Å². The Balaban J connectivity index is 2.15. The molecule has 0 aromatic heterocycles. The van der Waals surface area contributed by atoms with Crippen molar-refractivity contribution in [1.29, 1.82) is 0 Å². The van der Waals surface area contributed by atoms with Crippen LogP contribution in [0.3, 0.4) is 0 Å². The van der Waals surface area contributed by atoms with Gasteiger partial charge in [0.15, 0.2) is 0 Å². The largest absolute Gasteiger partial charge is 0.307 e. The van der Waals surface area contributed by atoms with Gasteiger partial charge in [0.2, 0.25) is 0 Å². The third kappa shape index (κ3) is 4.30. The predicted octanol–water partition coefficient (Wildman–Crippen LogP) is 2.80. The topological polar surface area (TPSA) is 24.4 Å². The quantitative estimate of drug-likeness (QED) is 0.527. The molecule has 0 spiro atoms. The second-order valence-corrected chi connectivity index (χ2v) is 4.61. The molecule has 0 aliphatic heterocycles. The van der Waals surface area contributed by atoms with E-state index >= 15 is 0 Å². The molecular weight excluding hydrogens is 160 g/mol. The summed E-state index contributed by atoms with van der Waals surface area (Å²) in [7, 11) is 0. The van der Waals surface area contributed by atoms with E-state index in [0.29, 0.717) is 12.0 Å². The van der Waals surface area contributed by atoms with Crippen LogP contribution in [0.2, 0.25) is 0 Å². The number of nitrogens with zero attached hydrogens (tertiary/aromatic N) is 1. The SMILES string of the molecule is CC(C)/C=N/NC1CCC(C)CC1. The van der Waals surface area contributed by atoms with Crippen LogP contribution in [0.5, 0.6) is 0 Å². The van der Waals surface area contributed by atoms with E-state index in [1.165, 1.54) is 25.7 Å². The molecule has 0 bridgehead atoms. The summed E-state index contributed by atoms with van der Waals surface area (Å²) in [4.78, 5) is 0. The minimum absolute atomic E-state index is 0.551. The number of hydrazone groups is 1. The van der Waals surface area contributed by atoms with Gasteiger partial charge in [0.1, 0.15) is 0 Å². The van der Waals surface area contributed by atoms with Crippen molar-refractivity contribution in [2.75, 3.05) is 0 Å². The Morgan fingerprint density at radius 2 is 1.85 bits per heavy atom. The molecule has 0 heterocycles. The molecule has 0 aromatic carbocycles. The molecule has 2 nitrogen and oxygen atoms in total. The van der Waals surface area contributed by atoms with E-state index in [9.17, 15) is 0 Å². The van der Waals surface area contributed by atoms with Gasteiger partial charge < -0.3 is 5.43 Å². The van der Waals surface area contributed by atoms with Crippen LogP contribution in [0.25, 0.3) is 0 Å². The van der Waals surface area contributed by atoms with Gasteiger partial charge in [-0.05, 0) is 37.5 Å². The number of hydrogen-bond acceptors (Lipinski definition) is 2. The standard InChI is InChI=1S/C11H22N2/c1-9(2)8-12-13-11-6-4-10(3)5-7-11/h8-11,13H,4-7H2,1-3H3/b12-8+. The van der Waals surface area contributed by atoms with Gasteiger partial charge in [0, 0.05) is 12.3 Å². The molecule has 1 fully saturated rings. The Hall–Kier alpha value is -0.530. The second kappa shape index (κ2) is 5.25. The van der Waals surface area contributed by atoms with Crippen LogP contribution in [0.1, 0.15) is 46.5 Å². The molecule has 1 aliphatic carbocycles. The summed E-state index contributed by atoms with van der Waals surface area (Å²) >= 11 is 0. The summed E-state index contributed by atoms with van der Waals surface area (Å²) in [6.07, 6.45) is 7.27. The molecule has 13 heavy (non-hydrogen) atoms. The average molecular weight is 182 g/mol. The van der Waals surface area contributed by atoms with Crippen LogP contribution >= 0.6 is 0 Å². The van der Waals surface area contributed by atoms with Crippen LogP contribution in [0.15, 0.2) is 5.10 Å². The Morgan fingerprint density at radius 3 is 2.38 bits per heavy atom. The fourth-order valence-corrected chi connectivity index (χ4v) is 1.69. The highest BCUT2D eigenvalue weighted by atomic mass is 15.3. The van der Waals surface area contributed by atoms with E-state index in [2.05, 4.69) is 31.3 Å². The van der Waals surface area contributed by atoms with Crippen molar-refractivity contribution in [2.24, 2.45) is 16.9 Å². The lowest BCUT2D eigenvalue weighted by atomic mass is 9.88. The molecule has 1 aliphatic rings. The Bertz CT molecular complexity index is 155. The highest BCUT2D eigenvalue weighted by Crippen LogP contribution is 2.23. The van der Waals surface area contributed by atoms with Crippen LogP contribution < -0.4 is 5.43 Å². The monoisotopic (exact) mass is 182 g/mol. The van der Waals surface area contributed by atoms with Gasteiger partial charge >= 0.3 is 0 Å². The van der Waals surface area contributed by atoms with Crippen molar-refractivity contribution in [3.63, 3.8) is 0 Å². The molecule has 2 heteroatoms. The van der Waals surface area contributed by atoms with Gasteiger partial charge in [-0.15, -0.1) is 0 Å². The molecule has 0 aromatic rings. The molecule has 0 amide bonds. The summed E-state index contributed by atoms with van der Waals surface area (Å²) in [6.45, 7) is 6.63. The molecular formula is C11H22N2. The summed E-state index contributed by atoms with van der Waals surface area (Å²) in [6, 6.07) is 0.631. The smallest absolute Gasteiger partial charge is 0.0440 e. The molecule has 0 saturated heterocycles. The van der Waals surface area contributed by atoms with Crippen molar-refractivity contribution < 1.29 is 0 Å². The van der Waals surface area contributed by atoms with Crippen LogP contribution in [-0.2, 0) is 0 Å². The molecule has 0 atom stereocenters. The first kappa shape index (κ1) is 10.6. The molecule has 0 radical (unpaired) electrons. The molecule has 76 valence electrons. The zero-order valence-electron chi connectivity index (χ0n) is 9.09. The predicted molar refractivity (Wildman–Crippen MR) is 57.9 cm³/mol. The Kier molecular flexibility index (Phi) is 4.26. The average Bonchev–Trinajstić information content (AvgIpc) is 2.08. The van der Waals surface area contributed by atoms with Crippen LogP contribution in [-0.4, -0.2) is 12.3 Å². The molecule has 1 rings (SSSR count). The lowest BCUT2D eigenvalue weighted by Crippen LogP contribution is -2.29. The molecule has 0 unspecified atom stereocenters. The minimum atomic E-state index is 0.551. The van der Waals surface area contributed by atoms with Gasteiger partial charge in [-0.2, -0.15) is 5.10 Å². The highest BCUT2D eigenvalue weighted by molar-refractivity contribution is 5.59. The maximum Gasteiger partial charge on any atom is 0.0440 e. The van der Waals surface area contributed by atoms with Gasteiger partial charge in [-0.3, -0.25) is 0 Å². The number of nitrogens with one attached hydrogen (secondary N) is 1. The van der Waals surface area contributed by atoms with E-state index in [1.54, 1.807) is 0 Å². The summed E-state index contributed by atoms with van der Waals surface area (Å²) in [5.41, 5.74) is 3.24. The molecule has 1 N–H and O–H groups in total. The van der Waals surface area contributed by atoms with E-state index in [1.807, 2.05) is 6.21 Å². The summed E-state index contributed by atoms with van der Waals surface area (Å²) < 4.78 is 0. The minimum Gasteiger partial charge on any atom is -0.307 e. The van der Waals surface area contributed by atoms with Gasteiger partial charge in [0.25, 0.3) is 0 Å². The van der Waals surface area contributed by atoms with Gasteiger partial charge in [-0.1, -0.05) is 20.8 Å². The zero-order valence-corrected chi connectivity index (χ0v) is 9.09. The summed E-state index contributed by atoms with van der Waals surface area (Å²) in [5.74, 6) is 1.47. The lowest BCUT2D eigenvalue weighted by Gasteiger charge is -2.25. The Morgan fingerprint density at radius 1 is 1.23 bits per heavy atom. The fourth-order valence-electron chi connectivity index (χ4n) is 1.69.